The Labute approximate surface area is 104 Å². The Morgan fingerprint density at radius 2 is 2.39 bits per heavy atom. The summed E-state index contributed by atoms with van der Waals surface area (Å²) in [6, 6.07) is 1.43. The lowest BCUT2D eigenvalue weighted by Crippen LogP contribution is -2.48. The van der Waals surface area contributed by atoms with Crippen molar-refractivity contribution in [1.29, 1.82) is 0 Å². The van der Waals surface area contributed by atoms with Crippen molar-refractivity contribution in [2.45, 2.75) is 26.1 Å². The number of rotatable bonds is 1. The molecule has 1 N–H and O–H groups in total. The molecule has 96 valence electrons. The molecule has 7 nitrogen and oxygen atoms in total. The van der Waals surface area contributed by atoms with E-state index >= 15 is 0 Å². The molecule has 1 atom stereocenters. The molecule has 7 heteroatoms. The average Bonchev–Trinajstić information content (AvgIpc) is 2.92. The predicted molar refractivity (Wildman–Crippen MR) is 60.7 cm³/mol. The molecule has 1 fully saturated rings. The minimum absolute atomic E-state index is 0.0917. The van der Waals surface area contributed by atoms with Crippen molar-refractivity contribution in [3.05, 3.63) is 17.5 Å². The number of amides is 2. The van der Waals surface area contributed by atoms with Gasteiger partial charge in [0.25, 0.3) is 0 Å². The van der Waals surface area contributed by atoms with Crippen LogP contribution in [0.2, 0.25) is 0 Å². The minimum atomic E-state index is -0.548. The first kappa shape index (κ1) is 11.1. The van der Waals surface area contributed by atoms with Crippen LogP contribution in [0.15, 0.2) is 6.07 Å². The lowest BCUT2D eigenvalue weighted by molar-refractivity contribution is -0.134. The summed E-state index contributed by atoms with van der Waals surface area (Å²) in [6.45, 7) is 3.89. The van der Waals surface area contributed by atoms with Gasteiger partial charge in [-0.25, -0.2) is 4.79 Å². The predicted octanol–water partition coefficient (Wildman–Crippen LogP) is -0.358. The largest absolute Gasteiger partial charge is 0.447 e. The first-order chi connectivity index (χ1) is 8.63. The van der Waals surface area contributed by atoms with Gasteiger partial charge in [-0.05, 0) is 13.0 Å². The van der Waals surface area contributed by atoms with Crippen LogP contribution in [0.1, 0.15) is 11.4 Å². The third-order valence-corrected chi connectivity index (χ3v) is 3.20. The highest BCUT2D eigenvalue weighted by atomic mass is 16.6. The summed E-state index contributed by atoms with van der Waals surface area (Å²) in [4.78, 5) is 24.8. The summed E-state index contributed by atoms with van der Waals surface area (Å²) in [5, 5.41) is 6.84. The van der Waals surface area contributed by atoms with Gasteiger partial charge < -0.3 is 15.0 Å². The number of fused-ring (bicyclic) bond motifs is 1. The van der Waals surface area contributed by atoms with Crippen LogP contribution in [0.3, 0.4) is 0 Å². The Morgan fingerprint density at radius 1 is 1.56 bits per heavy atom. The van der Waals surface area contributed by atoms with Gasteiger partial charge in [-0.1, -0.05) is 0 Å². The smallest absolute Gasteiger partial charge is 0.407 e. The number of carbonyl (C=O) groups excluding carboxylic acids is 2. The maximum Gasteiger partial charge on any atom is 0.407 e. The highest BCUT2D eigenvalue weighted by Gasteiger charge is 2.33. The Kier molecular flexibility index (Phi) is 2.46. The fourth-order valence-electron chi connectivity index (χ4n) is 2.34. The summed E-state index contributed by atoms with van der Waals surface area (Å²) in [5.41, 5.74) is 1.98. The summed E-state index contributed by atoms with van der Waals surface area (Å²) in [7, 11) is 0. The van der Waals surface area contributed by atoms with E-state index in [0.717, 1.165) is 11.4 Å². The molecular formula is C11H14N4O3. The number of aromatic nitrogens is 2. The topological polar surface area (TPSA) is 76.5 Å². The van der Waals surface area contributed by atoms with E-state index in [1.165, 1.54) is 0 Å². The van der Waals surface area contributed by atoms with Crippen molar-refractivity contribution in [3.63, 3.8) is 0 Å². The third kappa shape index (κ3) is 1.81. The minimum Gasteiger partial charge on any atom is -0.447 e. The lowest BCUT2D eigenvalue weighted by Gasteiger charge is -2.29. The molecule has 0 radical (unpaired) electrons. The number of cyclic esters (lactones) is 1. The van der Waals surface area contributed by atoms with Crippen molar-refractivity contribution in [2.75, 3.05) is 13.2 Å². The molecule has 0 spiro atoms. The van der Waals surface area contributed by atoms with E-state index in [1.807, 2.05) is 17.7 Å². The van der Waals surface area contributed by atoms with Gasteiger partial charge in [0, 0.05) is 6.54 Å². The van der Waals surface area contributed by atoms with E-state index < -0.39 is 12.1 Å². The van der Waals surface area contributed by atoms with Crippen LogP contribution in [0, 0.1) is 6.92 Å². The molecule has 1 aromatic heterocycles. The van der Waals surface area contributed by atoms with Crippen molar-refractivity contribution in [2.24, 2.45) is 0 Å². The third-order valence-electron chi connectivity index (χ3n) is 3.20. The molecule has 3 heterocycles. The number of carbonyl (C=O) groups is 2. The lowest BCUT2D eigenvalue weighted by atomic mass is 10.2. The SMILES string of the molecule is Cc1cc2n(n1)CCN(C(=O)[C@@H]1COC(=O)N1)C2. The second-order valence-electron chi connectivity index (χ2n) is 4.56. The molecule has 3 rings (SSSR count). The fraction of sp³-hybridized carbons (Fsp3) is 0.545. The molecular weight excluding hydrogens is 236 g/mol. The van der Waals surface area contributed by atoms with Crippen LogP contribution in [0.25, 0.3) is 0 Å². The Morgan fingerprint density at radius 3 is 3.11 bits per heavy atom. The number of aryl methyl sites for hydroxylation is 1. The van der Waals surface area contributed by atoms with Crippen molar-refractivity contribution in [3.8, 4) is 0 Å². The molecule has 0 aliphatic carbocycles. The van der Waals surface area contributed by atoms with Gasteiger partial charge in [0.1, 0.15) is 12.6 Å². The summed E-state index contributed by atoms with van der Waals surface area (Å²) >= 11 is 0. The highest BCUT2D eigenvalue weighted by Crippen LogP contribution is 2.15. The average molecular weight is 250 g/mol. The van der Waals surface area contributed by atoms with Crippen LogP contribution in [0.4, 0.5) is 4.79 Å². The number of alkyl carbamates (subject to hydrolysis) is 1. The molecule has 2 aliphatic rings. The van der Waals surface area contributed by atoms with Gasteiger partial charge in [-0.15, -0.1) is 0 Å². The molecule has 0 bridgehead atoms. The van der Waals surface area contributed by atoms with E-state index in [2.05, 4.69) is 10.4 Å². The normalized spacial score (nSPS) is 22.4. The van der Waals surface area contributed by atoms with Gasteiger partial charge in [0.05, 0.1) is 24.5 Å². The van der Waals surface area contributed by atoms with Gasteiger partial charge in [-0.3, -0.25) is 9.48 Å². The Hall–Kier alpha value is -2.05. The monoisotopic (exact) mass is 250 g/mol. The second kappa shape index (κ2) is 4.01. The van der Waals surface area contributed by atoms with Crippen LogP contribution >= 0.6 is 0 Å². The number of ether oxygens (including phenoxy) is 1. The van der Waals surface area contributed by atoms with Gasteiger partial charge >= 0.3 is 6.09 Å². The van der Waals surface area contributed by atoms with Crippen LogP contribution in [0.5, 0.6) is 0 Å². The van der Waals surface area contributed by atoms with E-state index in [4.69, 9.17) is 4.74 Å². The molecule has 0 aromatic carbocycles. The van der Waals surface area contributed by atoms with Gasteiger partial charge in [-0.2, -0.15) is 5.10 Å². The first-order valence-electron chi connectivity index (χ1n) is 5.89. The molecule has 18 heavy (non-hydrogen) atoms. The van der Waals surface area contributed by atoms with Crippen LogP contribution in [-0.4, -0.2) is 45.9 Å². The molecule has 1 saturated heterocycles. The van der Waals surface area contributed by atoms with Gasteiger partial charge in [0.2, 0.25) is 5.91 Å². The number of nitrogens with zero attached hydrogens (tertiary/aromatic N) is 3. The summed E-state index contributed by atoms with van der Waals surface area (Å²) < 4.78 is 6.66. The molecule has 2 amide bonds. The maximum atomic E-state index is 12.2. The van der Waals surface area contributed by atoms with Crippen LogP contribution < -0.4 is 5.32 Å². The van der Waals surface area contributed by atoms with E-state index in [9.17, 15) is 9.59 Å². The van der Waals surface area contributed by atoms with Crippen LogP contribution in [-0.2, 0) is 22.6 Å². The summed E-state index contributed by atoms with van der Waals surface area (Å²) in [5.74, 6) is -0.0917. The van der Waals surface area contributed by atoms with Crippen molar-refractivity contribution >= 4 is 12.0 Å². The number of hydrogen-bond acceptors (Lipinski definition) is 4. The van der Waals surface area contributed by atoms with Crippen molar-refractivity contribution in [1.82, 2.24) is 20.0 Å². The zero-order valence-electron chi connectivity index (χ0n) is 10.0. The van der Waals surface area contributed by atoms with E-state index in [-0.39, 0.29) is 12.5 Å². The zero-order chi connectivity index (χ0) is 12.7. The molecule has 1 aromatic rings. The quantitative estimate of drug-likeness (QED) is 0.738. The first-order valence-corrected chi connectivity index (χ1v) is 5.89. The fourth-order valence-corrected chi connectivity index (χ4v) is 2.34. The standard InChI is InChI=1S/C11H14N4O3/c1-7-4-8-5-14(2-3-15(8)13-7)10(16)9-6-18-11(17)12-9/h4,9H,2-3,5-6H2,1H3,(H,12,17)/t9-/m0/s1. The molecule has 0 unspecified atom stereocenters. The molecule has 2 aliphatic heterocycles. The van der Waals surface area contributed by atoms with E-state index in [0.29, 0.717) is 19.6 Å². The van der Waals surface area contributed by atoms with E-state index in [1.54, 1.807) is 4.90 Å². The van der Waals surface area contributed by atoms with Gasteiger partial charge in [0.15, 0.2) is 0 Å². The Bertz CT molecular complexity index is 510. The number of nitrogens with one attached hydrogen (secondary N) is 1. The van der Waals surface area contributed by atoms with Crippen molar-refractivity contribution < 1.29 is 14.3 Å². The summed E-state index contributed by atoms with van der Waals surface area (Å²) in [6.07, 6.45) is -0.522. The molecule has 0 saturated carbocycles. The second-order valence-corrected chi connectivity index (χ2v) is 4.56. The highest BCUT2D eigenvalue weighted by molar-refractivity contribution is 5.87. The zero-order valence-corrected chi connectivity index (χ0v) is 10.0. The maximum absolute atomic E-state index is 12.2. The number of hydrogen-bond donors (Lipinski definition) is 1. The Balaban J connectivity index is 1.71.